The summed E-state index contributed by atoms with van der Waals surface area (Å²) in [5.74, 6) is 2.06. The van der Waals surface area contributed by atoms with Gasteiger partial charge in [-0.3, -0.25) is 9.71 Å². The normalized spacial score (nSPS) is 11.4. The first-order chi connectivity index (χ1) is 27.1. The van der Waals surface area contributed by atoms with Gasteiger partial charge in [0.15, 0.2) is 5.75 Å². The van der Waals surface area contributed by atoms with Gasteiger partial charge < -0.3 is 39.1 Å². The number of aromatic nitrogens is 1. The van der Waals surface area contributed by atoms with Crippen LogP contribution in [0.25, 0.3) is 10.8 Å². The summed E-state index contributed by atoms with van der Waals surface area (Å²) in [5, 5.41) is 7.24. The van der Waals surface area contributed by atoms with E-state index in [2.05, 4.69) is 20.3 Å². The lowest BCUT2D eigenvalue weighted by molar-refractivity contribution is -0.148. The molecular weight excluding hydrogens is 753 g/mol. The van der Waals surface area contributed by atoms with Crippen molar-refractivity contribution in [3.05, 3.63) is 102 Å². The topological polar surface area (TPSA) is 173 Å². The molecule has 5 rings (SSSR count). The number of nitrogens with zero attached hydrogens (tertiary/aromatic N) is 1. The number of nitrogens with one attached hydrogen (secondary N) is 3. The van der Waals surface area contributed by atoms with Crippen LogP contribution >= 0.6 is 0 Å². The SMILES string of the molecule is CCOC(=O)COCCOc1cc(Cc2cc(Oc3ccc(NC(=O)Nc4cc(C(C)(C)C)cc(NS(C)(=O)=O)c4OC)c4ccccc34)ccn2)cc(OC)c1. The molecule has 5 aromatic rings. The number of urea groups is 1. The van der Waals surface area contributed by atoms with Crippen LogP contribution in [-0.4, -0.2) is 72.3 Å². The van der Waals surface area contributed by atoms with Crippen LogP contribution in [0.4, 0.5) is 21.9 Å². The van der Waals surface area contributed by atoms with Gasteiger partial charge in [0.05, 0.1) is 50.8 Å². The Morgan fingerprint density at radius 2 is 1.51 bits per heavy atom. The molecule has 0 spiro atoms. The van der Waals surface area contributed by atoms with Gasteiger partial charge in [0.25, 0.3) is 0 Å². The Morgan fingerprint density at radius 1 is 0.789 bits per heavy atom. The largest absolute Gasteiger partial charge is 0.497 e. The van der Waals surface area contributed by atoms with Crippen LogP contribution in [0.2, 0.25) is 0 Å². The third-order valence-electron chi connectivity index (χ3n) is 8.43. The predicted molar refractivity (Wildman–Crippen MR) is 220 cm³/mol. The molecular formula is C42H48N4O10S. The average molecular weight is 801 g/mol. The molecule has 0 bridgehead atoms. The summed E-state index contributed by atoms with van der Waals surface area (Å²) in [6, 6.07) is 23.1. The zero-order chi connectivity index (χ0) is 41.2. The van der Waals surface area contributed by atoms with Gasteiger partial charge in [-0.05, 0) is 65.9 Å². The van der Waals surface area contributed by atoms with E-state index in [-0.39, 0.29) is 36.7 Å². The first-order valence-corrected chi connectivity index (χ1v) is 20.0. The van der Waals surface area contributed by atoms with Crippen molar-refractivity contribution >= 4 is 49.9 Å². The number of sulfonamides is 1. The number of fused-ring (bicyclic) bond motifs is 1. The van der Waals surface area contributed by atoms with Crippen molar-refractivity contribution in [2.24, 2.45) is 0 Å². The fraction of sp³-hybridized carbons (Fsp3) is 0.310. The molecule has 0 fully saturated rings. The van der Waals surface area contributed by atoms with E-state index in [1.165, 1.54) is 7.11 Å². The highest BCUT2D eigenvalue weighted by Gasteiger charge is 2.23. The zero-order valence-corrected chi connectivity index (χ0v) is 33.9. The van der Waals surface area contributed by atoms with Crippen molar-refractivity contribution in [3.63, 3.8) is 0 Å². The molecule has 2 amide bonds. The number of esters is 1. The molecule has 15 heteroatoms. The highest BCUT2D eigenvalue weighted by atomic mass is 32.2. The molecule has 0 radical (unpaired) electrons. The van der Waals surface area contributed by atoms with Crippen molar-refractivity contribution in [3.8, 4) is 28.7 Å². The highest BCUT2D eigenvalue weighted by Crippen LogP contribution is 2.40. The van der Waals surface area contributed by atoms with Crippen molar-refractivity contribution in [1.82, 2.24) is 4.98 Å². The first-order valence-electron chi connectivity index (χ1n) is 18.1. The fourth-order valence-electron chi connectivity index (χ4n) is 5.86. The quantitative estimate of drug-likeness (QED) is 0.0616. The molecule has 3 N–H and O–H groups in total. The average Bonchev–Trinajstić information content (AvgIpc) is 3.14. The number of ether oxygens (including phenoxy) is 6. The van der Waals surface area contributed by atoms with E-state index < -0.39 is 22.0 Å². The summed E-state index contributed by atoms with van der Waals surface area (Å²) < 4.78 is 60.3. The molecule has 0 atom stereocenters. The monoisotopic (exact) mass is 800 g/mol. The van der Waals surface area contributed by atoms with Crippen molar-refractivity contribution in [2.45, 2.75) is 39.5 Å². The Kier molecular flexibility index (Phi) is 13.8. The van der Waals surface area contributed by atoms with E-state index in [0.29, 0.717) is 47.4 Å². The number of hydrogen-bond acceptors (Lipinski definition) is 11. The van der Waals surface area contributed by atoms with Gasteiger partial charge in [0.2, 0.25) is 10.0 Å². The van der Waals surface area contributed by atoms with E-state index >= 15 is 0 Å². The minimum absolute atomic E-state index is 0.140. The van der Waals surface area contributed by atoms with E-state index in [1.807, 2.05) is 63.2 Å². The number of carbonyl (C=O) groups excluding carboxylic acids is 2. The minimum Gasteiger partial charge on any atom is -0.497 e. The van der Waals surface area contributed by atoms with Crippen molar-refractivity contribution in [2.75, 3.05) is 62.3 Å². The van der Waals surface area contributed by atoms with Crippen LogP contribution in [-0.2, 0) is 36.1 Å². The van der Waals surface area contributed by atoms with Gasteiger partial charge in [-0.15, -0.1) is 0 Å². The summed E-state index contributed by atoms with van der Waals surface area (Å²) >= 11 is 0. The molecule has 0 saturated heterocycles. The summed E-state index contributed by atoms with van der Waals surface area (Å²) in [7, 11) is -0.659. The van der Waals surface area contributed by atoms with Crippen LogP contribution in [0.5, 0.6) is 28.7 Å². The van der Waals surface area contributed by atoms with E-state index in [1.54, 1.807) is 56.6 Å². The number of benzene rings is 4. The second kappa shape index (κ2) is 18.7. The number of carbonyl (C=O) groups is 2. The molecule has 0 aliphatic heterocycles. The maximum atomic E-state index is 13.5. The lowest BCUT2D eigenvalue weighted by atomic mass is 9.86. The van der Waals surface area contributed by atoms with Crippen LogP contribution in [0, 0.1) is 0 Å². The minimum atomic E-state index is -3.64. The molecule has 0 saturated carbocycles. The first kappa shape index (κ1) is 42.1. The van der Waals surface area contributed by atoms with Crippen molar-refractivity contribution in [1.29, 1.82) is 0 Å². The number of rotatable bonds is 17. The third kappa shape index (κ3) is 12.0. The number of amides is 2. The highest BCUT2D eigenvalue weighted by molar-refractivity contribution is 7.92. The van der Waals surface area contributed by atoms with Crippen LogP contribution < -0.4 is 34.3 Å². The molecule has 0 unspecified atom stereocenters. The van der Waals surface area contributed by atoms with Gasteiger partial charge in [0.1, 0.15) is 36.2 Å². The number of pyridine rings is 1. The smallest absolute Gasteiger partial charge is 0.332 e. The Morgan fingerprint density at radius 3 is 2.21 bits per heavy atom. The van der Waals surface area contributed by atoms with E-state index in [4.69, 9.17) is 28.4 Å². The van der Waals surface area contributed by atoms with E-state index in [9.17, 15) is 18.0 Å². The van der Waals surface area contributed by atoms with Gasteiger partial charge in [0, 0.05) is 41.2 Å². The second-order valence-electron chi connectivity index (χ2n) is 13.9. The standard InChI is InChI=1S/C42H48N4O10S/c1-8-54-39(47)26-53-17-18-55-32-21-27(20-31(25-32)51-5)19-29-24-30(15-16-43-29)56-38-14-13-35(33-11-9-10-12-34(33)38)44-41(48)45-36-22-28(42(2,3)4)23-37(40(36)52-6)46-57(7,49)50/h9-16,20-25,46H,8,17-19,26H2,1-7H3,(H2,44,45,48). The third-order valence-corrected chi connectivity index (χ3v) is 9.02. The van der Waals surface area contributed by atoms with Gasteiger partial charge in [-0.25, -0.2) is 18.0 Å². The zero-order valence-electron chi connectivity index (χ0n) is 33.1. The molecule has 57 heavy (non-hydrogen) atoms. The fourth-order valence-corrected chi connectivity index (χ4v) is 6.41. The van der Waals surface area contributed by atoms with E-state index in [0.717, 1.165) is 33.8 Å². The van der Waals surface area contributed by atoms with Gasteiger partial charge >= 0.3 is 12.0 Å². The van der Waals surface area contributed by atoms with Crippen LogP contribution in [0.1, 0.15) is 44.5 Å². The molecule has 1 aromatic heterocycles. The van der Waals surface area contributed by atoms with Crippen molar-refractivity contribution < 1.29 is 46.4 Å². The Labute approximate surface area is 332 Å². The summed E-state index contributed by atoms with van der Waals surface area (Å²) in [4.78, 5) is 29.6. The lowest BCUT2D eigenvalue weighted by Crippen LogP contribution is -2.22. The molecule has 0 aliphatic carbocycles. The Balaban J connectivity index is 1.31. The molecule has 302 valence electrons. The lowest BCUT2D eigenvalue weighted by Gasteiger charge is -2.24. The number of methoxy groups -OCH3 is 2. The van der Waals surface area contributed by atoms with Gasteiger partial charge in [-0.2, -0.15) is 0 Å². The maximum Gasteiger partial charge on any atom is 0.332 e. The Bertz CT molecular complexity index is 2330. The Hall–Kier alpha value is -6.06. The van der Waals surface area contributed by atoms with Gasteiger partial charge in [-0.1, -0.05) is 45.0 Å². The molecule has 4 aromatic carbocycles. The second-order valence-corrected chi connectivity index (χ2v) is 15.7. The van der Waals surface area contributed by atoms with Crippen LogP contribution in [0.15, 0.2) is 85.1 Å². The van der Waals surface area contributed by atoms with Crippen LogP contribution in [0.3, 0.4) is 0 Å². The number of anilines is 3. The predicted octanol–water partition coefficient (Wildman–Crippen LogP) is 7.91. The summed E-state index contributed by atoms with van der Waals surface area (Å²) in [6.07, 6.45) is 3.18. The molecule has 0 aliphatic rings. The molecule has 14 nitrogen and oxygen atoms in total. The summed E-state index contributed by atoms with van der Waals surface area (Å²) in [5.41, 5.74) is 3.07. The molecule has 1 heterocycles. The maximum absolute atomic E-state index is 13.5. The number of hydrogen-bond donors (Lipinski definition) is 3. The summed E-state index contributed by atoms with van der Waals surface area (Å²) in [6.45, 7) is 8.27.